The van der Waals surface area contributed by atoms with Crippen LogP contribution in [-0.2, 0) is 0 Å². The average Bonchev–Trinajstić information content (AvgIpc) is 2.49. The Labute approximate surface area is 118 Å². The molecule has 1 fully saturated rings. The maximum Gasteiger partial charge on any atom is 0.165 e. The van der Waals surface area contributed by atoms with Crippen LogP contribution in [0.1, 0.15) is 23.6 Å². The maximum absolute atomic E-state index is 13.6. The standard InChI is InChI=1S/C15H18FN3O/c1-2-3-13(19-8-6-18-7-9-19)14-11(10-17)4-5-12(16)15(14)20/h2,4-5,13,18,20H,1,3,6-9H2/t13-/m1/s1. The van der Waals surface area contributed by atoms with Gasteiger partial charge in [-0.25, -0.2) is 4.39 Å². The summed E-state index contributed by atoms with van der Waals surface area (Å²) in [5, 5.41) is 22.5. The van der Waals surface area contributed by atoms with E-state index >= 15 is 0 Å². The highest BCUT2D eigenvalue weighted by Gasteiger charge is 2.27. The molecular formula is C15H18FN3O. The summed E-state index contributed by atoms with van der Waals surface area (Å²) in [7, 11) is 0. The molecule has 0 radical (unpaired) electrons. The number of nitrogens with one attached hydrogen (secondary N) is 1. The molecule has 1 heterocycles. The van der Waals surface area contributed by atoms with Gasteiger partial charge in [0.15, 0.2) is 11.6 Å². The summed E-state index contributed by atoms with van der Waals surface area (Å²) in [6.45, 7) is 6.99. The molecule has 0 bridgehead atoms. The molecule has 0 unspecified atom stereocenters. The summed E-state index contributed by atoms with van der Waals surface area (Å²) in [6, 6.07) is 4.36. The first-order valence-electron chi connectivity index (χ1n) is 6.66. The quantitative estimate of drug-likeness (QED) is 0.824. The molecule has 0 aliphatic carbocycles. The van der Waals surface area contributed by atoms with E-state index < -0.39 is 11.6 Å². The summed E-state index contributed by atoms with van der Waals surface area (Å²) in [5.74, 6) is -1.11. The zero-order valence-corrected chi connectivity index (χ0v) is 11.3. The monoisotopic (exact) mass is 275 g/mol. The molecule has 0 aromatic heterocycles. The van der Waals surface area contributed by atoms with Crippen molar-refractivity contribution in [2.45, 2.75) is 12.5 Å². The maximum atomic E-state index is 13.6. The van der Waals surface area contributed by atoms with Crippen molar-refractivity contribution in [3.63, 3.8) is 0 Å². The smallest absolute Gasteiger partial charge is 0.165 e. The van der Waals surface area contributed by atoms with Gasteiger partial charge in [0.25, 0.3) is 0 Å². The van der Waals surface area contributed by atoms with Crippen molar-refractivity contribution >= 4 is 0 Å². The van der Waals surface area contributed by atoms with Gasteiger partial charge in [-0.15, -0.1) is 6.58 Å². The lowest BCUT2D eigenvalue weighted by molar-refractivity contribution is 0.171. The van der Waals surface area contributed by atoms with Gasteiger partial charge in [0, 0.05) is 37.8 Å². The van der Waals surface area contributed by atoms with Crippen LogP contribution in [0.3, 0.4) is 0 Å². The van der Waals surface area contributed by atoms with E-state index in [1.165, 1.54) is 6.07 Å². The molecule has 0 amide bonds. The molecule has 5 heteroatoms. The van der Waals surface area contributed by atoms with Crippen LogP contribution in [0.15, 0.2) is 24.8 Å². The van der Waals surface area contributed by atoms with Crippen LogP contribution in [0.4, 0.5) is 4.39 Å². The van der Waals surface area contributed by atoms with Crippen molar-refractivity contribution in [1.82, 2.24) is 10.2 Å². The Balaban J connectivity index is 2.45. The molecule has 1 saturated heterocycles. The molecule has 2 rings (SSSR count). The first-order valence-corrected chi connectivity index (χ1v) is 6.66. The van der Waals surface area contributed by atoms with E-state index in [9.17, 15) is 14.8 Å². The van der Waals surface area contributed by atoms with E-state index in [-0.39, 0.29) is 6.04 Å². The first kappa shape index (κ1) is 14.5. The molecule has 1 aromatic rings. The number of aromatic hydroxyl groups is 1. The second-order valence-electron chi connectivity index (χ2n) is 4.80. The van der Waals surface area contributed by atoms with E-state index in [1.54, 1.807) is 6.08 Å². The fourth-order valence-electron chi connectivity index (χ4n) is 2.62. The number of benzene rings is 1. The Morgan fingerprint density at radius 3 is 2.80 bits per heavy atom. The highest BCUT2D eigenvalue weighted by atomic mass is 19.1. The summed E-state index contributed by atoms with van der Waals surface area (Å²) in [4.78, 5) is 2.15. The summed E-state index contributed by atoms with van der Waals surface area (Å²) >= 11 is 0. The Morgan fingerprint density at radius 2 is 2.20 bits per heavy atom. The van der Waals surface area contributed by atoms with Gasteiger partial charge in [0.05, 0.1) is 11.6 Å². The van der Waals surface area contributed by atoms with Crippen molar-refractivity contribution < 1.29 is 9.50 Å². The minimum atomic E-state index is -0.691. The summed E-state index contributed by atoms with van der Waals surface area (Å²) in [5.41, 5.74) is 0.684. The largest absolute Gasteiger partial charge is 0.505 e. The van der Waals surface area contributed by atoms with Crippen molar-refractivity contribution in [1.29, 1.82) is 5.26 Å². The Bertz CT molecular complexity index is 533. The summed E-state index contributed by atoms with van der Waals surface area (Å²) < 4.78 is 13.6. The van der Waals surface area contributed by atoms with Crippen molar-refractivity contribution in [3.8, 4) is 11.8 Å². The number of phenols is 1. The topological polar surface area (TPSA) is 59.3 Å². The van der Waals surface area contributed by atoms with Crippen LogP contribution < -0.4 is 5.32 Å². The van der Waals surface area contributed by atoms with Gasteiger partial charge in [0.2, 0.25) is 0 Å². The van der Waals surface area contributed by atoms with Gasteiger partial charge in [-0.05, 0) is 18.6 Å². The number of nitriles is 1. The molecule has 4 nitrogen and oxygen atoms in total. The lowest BCUT2D eigenvalue weighted by atomic mass is 9.95. The molecular weight excluding hydrogens is 257 g/mol. The van der Waals surface area contributed by atoms with E-state index in [0.29, 0.717) is 17.5 Å². The second kappa shape index (κ2) is 6.51. The van der Waals surface area contributed by atoms with Gasteiger partial charge in [-0.1, -0.05) is 6.08 Å². The SMILES string of the molecule is C=CC[C@H](c1c(C#N)ccc(F)c1O)N1CCNCC1. The fraction of sp³-hybridized carbons (Fsp3) is 0.400. The molecule has 106 valence electrons. The Hall–Kier alpha value is -1.90. The van der Waals surface area contributed by atoms with Gasteiger partial charge in [-0.3, -0.25) is 4.90 Å². The van der Waals surface area contributed by atoms with Gasteiger partial charge in [-0.2, -0.15) is 5.26 Å². The molecule has 1 atom stereocenters. The number of hydrogen-bond donors (Lipinski definition) is 2. The molecule has 2 N–H and O–H groups in total. The zero-order valence-electron chi connectivity index (χ0n) is 11.3. The number of piperazine rings is 1. The Kier molecular flexibility index (Phi) is 4.72. The minimum Gasteiger partial charge on any atom is -0.505 e. The van der Waals surface area contributed by atoms with Gasteiger partial charge in [0.1, 0.15) is 0 Å². The number of halogens is 1. The third-order valence-electron chi connectivity index (χ3n) is 3.60. The molecule has 1 aliphatic heterocycles. The number of hydrogen-bond acceptors (Lipinski definition) is 4. The van der Waals surface area contributed by atoms with Crippen molar-refractivity contribution in [2.75, 3.05) is 26.2 Å². The predicted molar refractivity (Wildman–Crippen MR) is 74.8 cm³/mol. The molecule has 20 heavy (non-hydrogen) atoms. The van der Waals surface area contributed by atoms with Crippen LogP contribution in [0.2, 0.25) is 0 Å². The first-order chi connectivity index (χ1) is 9.69. The van der Waals surface area contributed by atoms with Crippen LogP contribution >= 0.6 is 0 Å². The van der Waals surface area contributed by atoms with Gasteiger partial charge < -0.3 is 10.4 Å². The second-order valence-corrected chi connectivity index (χ2v) is 4.80. The van der Waals surface area contributed by atoms with E-state index in [0.717, 1.165) is 32.2 Å². The number of rotatable bonds is 4. The molecule has 1 aromatic carbocycles. The predicted octanol–water partition coefficient (Wildman–Crippen LogP) is 1.93. The fourth-order valence-corrected chi connectivity index (χ4v) is 2.62. The lowest BCUT2D eigenvalue weighted by Crippen LogP contribution is -2.45. The lowest BCUT2D eigenvalue weighted by Gasteiger charge is -2.35. The third kappa shape index (κ3) is 2.82. The molecule has 0 saturated carbocycles. The normalized spacial score (nSPS) is 17.4. The highest BCUT2D eigenvalue weighted by molar-refractivity contribution is 5.49. The summed E-state index contributed by atoms with van der Waals surface area (Å²) in [6.07, 6.45) is 2.30. The van der Waals surface area contributed by atoms with Crippen LogP contribution in [0.25, 0.3) is 0 Å². The van der Waals surface area contributed by atoms with E-state index in [4.69, 9.17) is 0 Å². The van der Waals surface area contributed by atoms with E-state index in [1.807, 2.05) is 6.07 Å². The van der Waals surface area contributed by atoms with Crippen LogP contribution in [0, 0.1) is 17.1 Å². The highest BCUT2D eigenvalue weighted by Crippen LogP contribution is 2.36. The van der Waals surface area contributed by atoms with Crippen LogP contribution in [-0.4, -0.2) is 36.2 Å². The molecule has 0 spiro atoms. The molecule has 1 aliphatic rings. The zero-order chi connectivity index (χ0) is 14.5. The van der Waals surface area contributed by atoms with Gasteiger partial charge >= 0.3 is 0 Å². The minimum absolute atomic E-state index is 0.222. The van der Waals surface area contributed by atoms with Crippen molar-refractivity contribution in [3.05, 3.63) is 41.7 Å². The third-order valence-corrected chi connectivity index (χ3v) is 3.60. The number of nitrogens with zero attached hydrogens (tertiary/aromatic N) is 2. The average molecular weight is 275 g/mol. The Morgan fingerprint density at radius 1 is 1.50 bits per heavy atom. The van der Waals surface area contributed by atoms with Crippen molar-refractivity contribution in [2.24, 2.45) is 0 Å². The van der Waals surface area contributed by atoms with Crippen LogP contribution in [0.5, 0.6) is 5.75 Å². The number of phenolic OH excluding ortho intramolecular Hbond substituents is 1. The van der Waals surface area contributed by atoms with E-state index in [2.05, 4.69) is 16.8 Å².